The van der Waals surface area contributed by atoms with Gasteiger partial charge in [-0.25, -0.2) is 18.1 Å². The first-order chi connectivity index (χ1) is 16.8. The third-order valence-electron chi connectivity index (χ3n) is 6.47. The van der Waals surface area contributed by atoms with Crippen LogP contribution in [0.15, 0.2) is 24.4 Å². The second kappa shape index (κ2) is 12.1. The van der Waals surface area contributed by atoms with E-state index in [0.717, 1.165) is 55.9 Å². The smallest absolute Gasteiger partial charge is 0.229 e. The summed E-state index contributed by atoms with van der Waals surface area (Å²) in [5.74, 6) is 4.41. The molecule has 4 rings (SSSR count). The lowest BCUT2D eigenvalue weighted by Crippen LogP contribution is -2.48. The second-order valence-corrected chi connectivity index (χ2v) is 13.8. The van der Waals surface area contributed by atoms with Crippen molar-refractivity contribution in [1.82, 2.24) is 14.7 Å². The number of benzene rings is 1. The third-order valence-corrected chi connectivity index (χ3v) is 9.81. The number of anilines is 3. The van der Waals surface area contributed by atoms with Crippen molar-refractivity contribution in [2.45, 2.75) is 56.4 Å². The number of sulfonamides is 1. The van der Waals surface area contributed by atoms with E-state index in [-0.39, 0.29) is 12.1 Å². The lowest BCUT2D eigenvalue weighted by molar-refractivity contribution is 0.218. The molecule has 1 aliphatic carbocycles. The molecule has 0 bridgehead atoms. The minimum absolute atomic E-state index is 0.0868. The summed E-state index contributed by atoms with van der Waals surface area (Å²) in [6.45, 7) is 0.812. The van der Waals surface area contributed by atoms with E-state index < -0.39 is 10.0 Å². The fourth-order valence-corrected chi connectivity index (χ4v) is 7.90. The summed E-state index contributed by atoms with van der Waals surface area (Å²) in [5, 5.41) is 7.11. The predicted molar refractivity (Wildman–Crippen MR) is 145 cm³/mol. The number of ether oxygens (including phenoxy) is 1. The largest absolute Gasteiger partial charge is 0.380 e. The number of aryl methyl sites for hydroxylation is 1. The van der Waals surface area contributed by atoms with Crippen LogP contribution in [0.5, 0.6) is 0 Å². The Morgan fingerprint density at radius 3 is 2.74 bits per heavy atom. The molecule has 2 aromatic rings. The van der Waals surface area contributed by atoms with Crippen molar-refractivity contribution in [1.29, 1.82) is 0 Å². The van der Waals surface area contributed by atoms with Crippen molar-refractivity contribution in [2.75, 3.05) is 42.1 Å². The zero-order chi connectivity index (χ0) is 24.8. The molecule has 3 atom stereocenters. The van der Waals surface area contributed by atoms with Crippen LogP contribution in [-0.2, 0) is 37.8 Å². The predicted octanol–water partition coefficient (Wildman–Crippen LogP) is 3.86. The molecule has 1 fully saturated rings. The number of aromatic nitrogens is 2. The highest BCUT2D eigenvalue weighted by Gasteiger charge is 2.28. The molecule has 35 heavy (non-hydrogen) atoms. The Bertz CT molecular complexity index is 1120. The monoisotopic (exact) mass is 540 g/mol. The summed E-state index contributed by atoms with van der Waals surface area (Å²) in [7, 11) is -1.20. The molecule has 0 radical (unpaired) electrons. The topological polar surface area (TPSA) is 105 Å². The number of methoxy groups -OCH3 is 1. The number of halogens is 1. The summed E-state index contributed by atoms with van der Waals surface area (Å²) in [6.07, 6.45) is 8.73. The van der Waals surface area contributed by atoms with Gasteiger partial charge in [0, 0.05) is 30.4 Å². The molecular formula is C24H35ClN5O3S2+. The summed E-state index contributed by atoms with van der Waals surface area (Å²) < 4.78 is 31.7. The average molecular weight is 541 g/mol. The molecule has 1 saturated carbocycles. The van der Waals surface area contributed by atoms with Gasteiger partial charge in [-0.15, -0.1) is 0 Å². The molecule has 0 amide bonds. The number of nitrogens with zero attached hydrogens (tertiary/aromatic N) is 2. The molecule has 0 saturated heterocycles. The molecule has 3 N–H and O–H groups in total. The van der Waals surface area contributed by atoms with Gasteiger partial charge in [0.25, 0.3) is 0 Å². The zero-order valence-electron chi connectivity index (χ0n) is 20.3. The molecule has 8 nitrogen and oxygen atoms in total. The van der Waals surface area contributed by atoms with Gasteiger partial charge >= 0.3 is 0 Å². The van der Waals surface area contributed by atoms with Crippen LogP contribution in [0, 0.1) is 0 Å². The Hall–Kier alpha value is -1.59. The van der Waals surface area contributed by atoms with Crippen LogP contribution in [0.3, 0.4) is 0 Å². The van der Waals surface area contributed by atoms with Gasteiger partial charge in [-0.05, 0) is 54.3 Å². The Balaban J connectivity index is 1.48. The highest BCUT2D eigenvalue weighted by atomic mass is 35.5. The highest BCUT2D eigenvalue weighted by Crippen LogP contribution is 2.29. The van der Waals surface area contributed by atoms with Crippen molar-refractivity contribution >= 4 is 50.0 Å². The Labute approximate surface area is 216 Å². The fraction of sp³-hybridized carbons (Fsp3) is 0.583. The minimum atomic E-state index is -3.30. The van der Waals surface area contributed by atoms with Crippen LogP contribution >= 0.6 is 11.6 Å². The van der Waals surface area contributed by atoms with E-state index in [0.29, 0.717) is 27.7 Å². The molecule has 192 valence electrons. The molecule has 1 aliphatic heterocycles. The molecule has 1 aromatic heterocycles. The van der Waals surface area contributed by atoms with E-state index in [1.165, 1.54) is 29.6 Å². The first kappa shape index (κ1) is 26.5. The number of hydrogen-bond donors (Lipinski definition) is 3. The lowest BCUT2D eigenvalue weighted by Gasteiger charge is -2.32. The Morgan fingerprint density at radius 1 is 1.17 bits per heavy atom. The van der Waals surface area contributed by atoms with E-state index in [2.05, 4.69) is 43.5 Å². The Morgan fingerprint density at radius 2 is 1.97 bits per heavy atom. The summed E-state index contributed by atoms with van der Waals surface area (Å²) >= 11 is 6.41. The van der Waals surface area contributed by atoms with Gasteiger partial charge in [0.2, 0.25) is 16.0 Å². The highest BCUT2D eigenvalue weighted by molar-refractivity contribution is 7.96. The normalized spacial score (nSPS) is 22.8. The first-order valence-corrected chi connectivity index (χ1v) is 16.1. The third kappa shape index (κ3) is 7.69. The van der Waals surface area contributed by atoms with E-state index in [4.69, 9.17) is 16.3 Å². The number of hydrogen-bond acceptors (Lipinski definition) is 7. The quantitative estimate of drug-likeness (QED) is 0.415. The van der Waals surface area contributed by atoms with E-state index in [1.54, 1.807) is 13.3 Å². The number of rotatable bonds is 9. The van der Waals surface area contributed by atoms with Gasteiger partial charge in [0.05, 0.1) is 19.1 Å². The van der Waals surface area contributed by atoms with Crippen LogP contribution in [-0.4, -0.2) is 61.9 Å². The second-order valence-electron chi connectivity index (χ2n) is 9.29. The summed E-state index contributed by atoms with van der Waals surface area (Å²) in [6, 6.07) is 6.22. The molecule has 0 spiro atoms. The van der Waals surface area contributed by atoms with Crippen LogP contribution in [0.4, 0.5) is 17.5 Å². The summed E-state index contributed by atoms with van der Waals surface area (Å²) in [5.41, 5.74) is 3.75. The first-order valence-electron chi connectivity index (χ1n) is 12.1. The van der Waals surface area contributed by atoms with Gasteiger partial charge in [-0.3, -0.25) is 0 Å². The molecule has 1 unspecified atom stereocenters. The van der Waals surface area contributed by atoms with Crippen LogP contribution < -0.4 is 15.4 Å². The van der Waals surface area contributed by atoms with Crippen molar-refractivity contribution < 1.29 is 13.2 Å². The molecule has 2 heterocycles. The molecule has 1 aromatic carbocycles. The van der Waals surface area contributed by atoms with Gasteiger partial charge in [-0.2, -0.15) is 4.98 Å². The van der Waals surface area contributed by atoms with Crippen molar-refractivity contribution in [3.05, 3.63) is 40.5 Å². The maximum absolute atomic E-state index is 11.8. The van der Waals surface area contributed by atoms with Crippen LogP contribution in [0.25, 0.3) is 0 Å². The van der Waals surface area contributed by atoms with Gasteiger partial charge in [0.15, 0.2) is 5.82 Å². The van der Waals surface area contributed by atoms with Crippen molar-refractivity contribution in [3.8, 4) is 0 Å². The summed E-state index contributed by atoms with van der Waals surface area (Å²) in [4.78, 5) is 8.99. The fourth-order valence-electron chi connectivity index (χ4n) is 4.77. The maximum Gasteiger partial charge on any atom is 0.229 e. The van der Waals surface area contributed by atoms with Crippen molar-refractivity contribution in [3.63, 3.8) is 0 Å². The molecule has 2 aliphatic rings. The van der Waals surface area contributed by atoms with Crippen molar-refractivity contribution in [2.24, 2.45) is 0 Å². The molecule has 11 heteroatoms. The number of nitrogens with one attached hydrogen (secondary N) is 3. The van der Waals surface area contributed by atoms with E-state index in [1.807, 2.05) is 0 Å². The van der Waals surface area contributed by atoms with Gasteiger partial charge in [-0.1, -0.05) is 30.5 Å². The van der Waals surface area contributed by atoms with Crippen LogP contribution in [0.2, 0.25) is 5.02 Å². The zero-order valence-corrected chi connectivity index (χ0v) is 22.7. The van der Waals surface area contributed by atoms with Gasteiger partial charge < -0.3 is 15.4 Å². The SMILES string of the molecule is COCC[S+]1CCCc2ccc(Nc3ncc(Cl)c(N[C@@H]4CCCC[C@H]4NS(C)(=O)=O)n3)cc2C1. The molecular weight excluding hydrogens is 506 g/mol. The Kier molecular flexibility index (Phi) is 9.15. The lowest BCUT2D eigenvalue weighted by atomic mass is 9.91. The van der Waals surface area contributed by atoms with Crippen LogP contribution in [0.1, 0.15) is 43.2 Å². The van der Waals surface area contributed by atoms with E-state index in [9.17, 15) is 8.42 Å². The minimum Gasteiger partial charge on any atom is -0.380 e. The average Bonchev–Trinajstić information content (AvgIpc) is 3.01. The number of fused-ring (bicyclic) bond motifs is 1. The maximum atomic E-state index is 11.8. The van der Waals surface area contributed by atoms with E-state index >= 15 is 0 Å². The standard InChI is InChI=1S/C24H35ClN5O3S2/c1-33-11-13-34-12-5-6-17-9-10-19(14-18(17)16-34)27-24-26-15-20(25)23(29-24)28-21-7-3-4-8-22(21)30-35(2,31)32/h9-10,14-15,21-22,30H,3-8,11-13,16H2,1-2H3,(H2,26,27,28,29)/q+1/t21-,22-,34?/m1/s1. The van der Waals surface area contributed by atoms with Gasteiger partial charge in [0.1, 0.15) is 22.3 Å².